The molecule has 0 bridgehead atoms. The van der Waals surface area contributed by atoms with Crippen molar-refractivity contribution < 1.29 is 13.5 Å². The molecule has 0 saturated heterocycles. The van der Waals surface area contributed by atoms with E-state index in [9.17, 15) is 8.78 Å². The Kier molecular flexibility index (Phi) is 2.95. The van der Waals surface area contributed by atoms with Crippen LogP contribution < -0.4 is 10.5 Å². The molecule has 1 heterocycles. The molecule has 0 aliphatic heterocycles. The van der Waals surface area contributed by atoms with Crippen LogP contribution in [0.5, 0.6) is 11.5 Å². The number of hydrogen-bond donors (Lipinski definition) is 1. The number of nitrogens with two attached hydrogens (primary N) is 1. The summed E-state index contributed by atoms with van der Waals surface area (Å²) in [5, 5.41) is 3.97. The van der Waals surface area contributed by atoms with E-state index in [1.165, 1.54) is 6.20 Å². The van der Waals surface area contributed by atoms with Crippen LogP contribution in [-0.4, -0.2) is 9.78 Å². The van der Waals surface area contributed by atoms with Crippen LogP contribution in [0, 0.1) is 11.6 Å². The minimum absolute atomic E-state index is 0.0573. The Morgan fingerprint density at radius 2 is 2.18 bits per heavy atom. The lowest BCUT2D eigenvalue weighted by Gasteiger charge is -2.07. The smallest absolute Gasteiger partial charge is 0.165 e. The molecule has 4 nitrogen and oxygen atoms in total. The summed E-state index contributed by atoms with van der Waals surface area (Å²) in [6.45, 7) is 2.59. The second-order valence-electron chi connectivity index (χ2n) is 3.43. The SMILES string of the molecule is CCn1cc(Oc2cc(F)cc(F)c2N)cn1. The molecule has 0 spiro atoms. The van der Waals surface area contributed by atoms with Crippen molar-refractivity contribution in [3.8, 4) is 11.5 Å². The average molecular weight is 239 g/mol. The molecule has 6 heteroatoms. The molecule has 90 valence electrons. The van der Waals surface area contributed by atoms with Crippen molar-refractivity contribution in [1.82, 2.24) is 9.78 Å². The van der Waals surface area contributed by atoms with E-state index in [1.807, 2.05) is 6.92 Å². The van der Waals surface area contributed by atoms with E-state index in [0.29, 0.717) is 18.4 Å². The van der Waals surface area contributed by atoms with Crippen molar-refractivity contribution in [2.45, 2.75) is 13.5 Å². The molecule has 0 aliphatic carbocycles. The highest BCUT2D eigenvalue weighted by Gasteiger charge is 2.11. The molecule has 0 atom stereocenters. The maximum atomic E-state index is 13.1. The van der Waals surface area contributed by atoms with E-state index >= 15 is 0 Å². The third kappa shape index (κ3) is 2.35. The van der Waals surface area contributed by atoms with Crippen molar-refractivity contribution in [1.29, 1.82) is 0 Å². The monoisotopic (exact) mass is 239 g/mol. The predicted molar refractivity (Wildman–Crippen MR) is 58.7 cm³/mol. The van der Waals surface area contributed by atoms with Gasteiger partial charge < -0.3 is 10.5 Å². The van der Waals surface area contributed by atoms with Crippen LogP contribution in [0.15, 0.2) is 24.5 Å². The van der Waals surface area contributed by atoms with Gasteiger partial charge in [0.25, 0.3) is 0 Å². The molecule has 0 radical (unpaired) electrons. The molecule has 1 aromatic carbocycles. The first-order valence-electron chi connectivity index (χ1n) is 5.05. The van der Waals surface area contributed by atoms with Crippen LogP contribution in [0.2, 0.25) is 0 Å². The molecular formula is C11H11F2N3O. The fourth-order valence-electron chi connectivity index (χ4n) is 1.34. The lowest BCUT2D eigenvalue weighted by atomic mass is 10.3. The minimum atomic E-state index is -0.845. The quantitative estimate of drug-likeness (QED) is 0.837. The number of anilines is 1. The summed E-state index contributed by atoms with van der Waals surface area (Å²) < 4.78 is 33.0. The summed E-state index contributed by atoms with van der Waals surface area (Å²) in [6.07, 6.45) is 3.06. The van der Waals surface area contributed by atoms with Crippen LogP contribution >= 0.6 is 0 Å². The first kappa shape index (κ1) is 11.4. The fraction of sp³-hybridized carbons (Fsp3) is 0.182. The summed E-state index contributed by atoms with van der Waals surface area (Å²) in [4.78, 5) is 0. The fourth-order valence-corrected chi connectivity index (χ4v) is 1.34. The van der Waals surface area contributed by atoms with E-state index < -0.39 is 11.6 Å². The van der Waals surface area contributed by atoms with E-state index in [0.717, 1.165) is 6.07 Å². The number of hydrogen-bond acceptors (Lipinski definition) is 3. The molecule has 0 fully saturated rings. The largest absolute Gasteiger partial charge is 0.452 e. The summed E-state index contributed by atoms with van der Waals surface area (Å²) in [7, 11) is 0. The highest BCUT2D eigenvalue weighted by Crippen LogP contribution is 2.30. The standard InChI is InChI=1S/C11H11F2N3O/c1-2-16-6-8(5-15-16)17-10-4-7(12)3-9(13)11(10)14/h3-6H,2,14H2,1H3. The second kappa shape index (κ2) is 4.40. The zero-order chi connectivity index (χ0) is 12.4. The predicted octanol–water partition coefficient (Wildman–Crippen LogP) is 2.56. The molecular weight excluding hydrogens is 228 g/mol. The van der Waals surface area contributed by atoms with Crippen molar-refractivity contribution in [3.63, 3.8) is 0 Å². The zero-order valence-electron chi connectivity index (χ0n) is 9.15. The van der Waals surface area contributed by atoms with Gasteiger partial charge in [0.2, 0.25) is 0 Å². The Hall–Kier alpha value is -2.11. The molecule has 1 aromatic heterocycles. The van der Waals surface area contributed by atoms with E-state index in [1.54, 1.807) is 10.9 Å². The Morgan fingerprint density at radius 1 is 1.41 bits per heavy atom. The van der Waals surface area contributed by atoms with E-state index in [-0.39, 0.29) is 11.4 Å². The summed E-state index contributed by atoms with van der Waals surface area (Å²) in [5.41, 5.74) is 5.22. The van der Waals surface area contributed by atoms with Crippen LogP contribution in [0.25, 0.3) is 0 Å². The molecule has 2 N–H and O–H groups in total. The zero-order valence-corrected chi connectivity index (χ0v) is 9.15. The number of aromatic nitrogens is 2. The van der Waals surface area contributed by atoms with Crippen molar-refractivity contribution in [2.75, 3.05) is 5.73 Å². The number of nitrogens with zero attached hydrogens (tertiary/aromatic N) is 2. The van der Waals surface area contributed by atoms with Crippen molar-refractivity contribution in [2.24, 2.45) is 0 Å². The van der Waals surface area contributed by atoms with Gasteiger partial charge in [0.05, 0.1) is 12.4 Å². The van der Waals surface area contributed by atoms with Gasteiger partial charge >= 0.3 is 0 Å². The second-order valence-corrected chi connectivity index (χ2v) is 3.43. The van der Waals surface area contributed by atoms with Gasteiger partial charge in [-0.15, -0.1) is 0 Å². The Bertz CT molecular complexity index is 540. The average Bonchev–Trinajstić information content (AvgIpc) is 2.73. The molecule has 2 rings (SSSR count). The van der Waals surface area contributed by atoms with Gasteiger partial charge in [-0.2, -0.15) is 5.10 Å². The van der Waals surface area contributed by atoms with Gasteiger partial charge in [-0.1, -0.05) is 0 Å². The van der Waals surface area contributed by atoms with Gasteiger partial charge in [-0.25, -0.2) is 8.78 Å². The Balaban J connectivity index is 2.29. The summed E-state index contributed by atoms with van der Waals surface area (Å²) in [5.74, 6) is -1.26. The summed E-state index contributed by atoms with van der Waals surface area (Å²) in [6, 6.07) is 1.74. The molecule has 0 unspecified atom stereocenters. The van der Waals surface area contributed by atoms with Gasteiger partial charge in [0.1, 0.15) is 11.5 Å². The lowest BCUT2D eigenvalue weighted by Crippen LogP contribution is -1.97. The van der Waals surface area contributed by atoms with Gasteiger partial charge in [0, 0.05) is 18.7 Å². The van der Waals surface area contributed by atoms with Crippen LogP contribution in [0.1, 0.15) is 6.92 Å². The maximum Gasteiger partial charge on any atom is 0.165 e. The van der Waals surface area contributed by atoms with Crippen molar-refractivity contribution in [3.05, 3.63) is 36.2 Å². The highest BCUT2D eigenvalue weighted by molar-refractivity contribution is 5.54. The van der Waals surface area contributed by atoms with Gasteiger partial charge in [-0.05, 0) is 6.92 Å². The van der Waals surface area contributed by atoms with Crippen LogP contribution in [0.3, 0.4) is 0 Å². The number of ether oxygens (including phenoxy) is 1. The Labute approximate surface area is 96.6 Å². The number of halogens is 2. The number of nitrogen functional groups attached to an aromatic ring is 1. The van der Waals surface area contributed by atoms with Crippen LogP contribution in [-0.2, 0) is 6.54 Å². The molecule has 17 heavy (non-hydrogen) atoms. The number of rotatable bonds is 3. The van der Waals surface area contributed by atoms with Crippen LogP contribution in [0.4, 0.5) is 14.5 Å². The normalized spacial score (nSPS) is 10.5. The topological polar surface area (TPSA) is 53.1 Å². The molecule has 0 saturated carbocycles. The first-order chi connectivity index (χ1) is 8.10. The summed E-state index contributed by atoms with van der Waals surface area (Å²) >= 11 is 0. The number of aryl methyl sites for hydroxylation is 1. The lowest BCUT2D eigenvalue weighted by molar-refractivity contribution is 0.471. The molecule has 0 aliphatic rings. The third-order valence-electron chi connectivity index (χ3n) is 2.22. The van der Waals surface area contributed by atoms with Crippen molar-refractivity contribution >= 4 is 5.69 Å². The van der Waals surface area contributed by atoms with E-state index in [4.69, 9.17) is 10.5 Å². The van der Waals surface area contributed by atoms with E-state index in [2.05, 4.69) is 5.10 Å². The van der Waals surface area contributed by atoms with Gasteiger partial charge in [-0.3, -0.25) is 4.68 Å². The Morgan fingerprint density at radius 3 is 2.82 bits per heavy atom. The minimum Gasteiger partial charge on any atom is -0.452 e. The third-order valence-corrected chi connectivity index (χ3v) is 2.22. The molecule has 2 aromatic rings. The van der Waals surface area contributed by atoms with Gasteiger partial charge in [0.15, 0.2) is 17.3 Å². The first-order valence-corrected chi connectivity index (χ1v) is 5.05. The highest BCUT2D eigenvalue weighted by atomic mass is 19.1. The molecule has 0 amide bonds. The maximum absolute atomic E-state index is 13.1. The number of benzene rings is 1.